The van der Waals surface area contributed by atoms with Crippen LogP contribution in [-0.2, 0) is 10.5 Å². The van der Waals surface area contributed by atoms with Gasteiger partial charge in [0.1, 0.15) is 5.75 Å². The number of methoxy groups -OCH3 is 1. The van der Waals surface area contributed by atoms with Gasteiger partial charge >= 0.3 is 0 Å². The molecule has 1 fully saturated rings. The second kappa shape index (κ2) is 7.58. The zero-order chi connectivity index (χ0) is 14.4. The summed E-state index contributed by atoms with van der Waals surface area (Å²) in [6, 6.07) is 8.03. The van der Waals surface area contributed by atoms with Crippen molar-refractivity contribution in [1.82, 2.24) is 4.90 Å². The van der Waals surface area contributed by atoms with Crippen LogP contribution in [-0.4, -0.2) is 36.8 Å². The normalized spacial score (nSPS) is 16.2. The van der Waals surface area contributed by atoms with E-state index in [2.05, 4.69) is 19.1 Å². The Morgan fingerprint density at radius 1 is 1.30 bits per heavy atom. The summed E-state index contributed by atoms with van der Waals surface area (Å²) in [4.78, 5) is 14.1. The molecule has 4 heteroatoms. The van der Waals surface area contributed by atoms with Gasteiger partial charge in [-0.25, -0.2) is 0 Å². The van der Waals surface area contributed by atoms with E-state index in [0.717, 1.165) is 43.4 Å². The third kappa shape index (κ3) is 4.44. The molecule has 0 aliphatic carbocycles. The Labute approximate surface area is 125 Å². The van der Waals surface area contributed by atoms with Gasteiger partial charge in [0.15, 0.2) is 0 Å². The molecule has 0 unspecified atom stereocenters. The molecule has 0 atom stereocenters. The first-order valence-electron chi connectivity index (χ1n) is 7.17. The maximum Gasteiger partial charge on any atom is 0.232 e. The van der Waals surface area contributed by atoms with Gasteiger partial charge in [-0.1, -0.05) is 19.1 Å². The highest BCUT2D eigenvalue weighted by Crippen LogP contribution is 2.19. The van der Waals surface area contributed by atoms with Gasteiger partial charge in [-0.15, -0.1) is 11.8 Å². The van der Waals surface area contributed by atoms with E-state index >= 15 is 0 Å². The SMILES string of the molecule is COc1ccc(CSCC(=O)N2CCC(C)CC2)cc1. The third-order valence-electron chi connectivity index (χ3n) is 3.79. The molecule has 1 saturated heterocycles. The Morgan fingerprint density at radius 3 is 2.55 bits per heavy atom. The molecule has 1 aliphatic rings. The quantitative estimate of drug-likeness (QED) is 0.835. The smallest absolute Gasteiger partial charge is 0.232 e. The average Bonchev–Trinajstić information content (AvgIpc) is 2.48. The Kier molecular flexibility index (Phi) is 5.77. The number of benzene rings is 1. The van der Waals surface area contributed by atoms with E-state index in [-0.39, 0.29) is 5.91 Å². The molecule has 0 saturated carbocycles. The molecule has 0 aromatic heterocycles. The number of piperidine rings is 1. The lowest BCUT2D eigenvalue weighted by atomic mass is 9.99. The van der Waals surface area contributed by atoms with Gasteiger partial charge in [-0.2, -0.15) is 0 Å². The van der Waals surface area contributed by atoms with Gasteiger partial charge in [0, 0.05) is 18.8 Å². The minimum absolute atomic E-state index is 0.287. The van der Waals surface area contributed by atoms with E-state index in [1.807, 2.05) is 17.0 Å². The summed E-state index contributed by atoms with van der Waals surface area (Å²) in [5.41, 5.74) is 1.23. The van der Waals surface area contributed by atoms with Crippen LogP contribution in [0.25, 0.3) is 0 Å². The number of hydrogen-bond acceptors (Lipinski definition) is 3. The number of hydrogen-bond donors (Lipinski definition) is 0. The monoisotopic (exact) mass is 293 g/mol. The van der Waals surface area contributed by atoms with Crippen molar-refractivity contribution in [2.75, 3.05) is 26.0 Å². The van der Waals surface area contributed by atoms with Crippen molar-refractivity contribution >= 4 is 17.7 Å². The number of ether oxygens (including phenoxy) is 1. The zero-order valence-corrected chi connectivity index (χ0v) is 13.1. The standard InChI is InChI=1S/C16H23NO2S/c1-13-7-9-17(10-8-13)16(18)12-20-11-14-3-5-15(19-2)6-4-14/h3-6,13H,7-12H2,1-2H3. The maximum atomic E-state index is 12.1. The predicted molar refractivity (Wildman–Crippen MR) is 84.1 cm³/mol. The minimum Gasteiger partial charge on any atom is -0.497 e. The Morgan fingerprint density at radius 2 is 1.95 bits per heavy atom. The van der Waals surface area contributed by atoms with Crippen LogP contribution in [0.3, 0.4) is 0 Å². The minimum atomic E-state index is 0.287. The van der Waals surface area contributed by atoms with Gasteiger partial charge in [-0.05, 0) is 36.5 Å². The predicted octanol–water partition coefficient (Wildman–Crippen LogP) is 3.19. The first-order chi connectivity index (χ1) is 9.69. The van der Waals surface area contributed by atoms with Crippen molar-refractivity contribution in [2.45, 2.75) is 25.5 Å². The van der Waals surface area contributed by atoms with Crippen LogP contribution in [0.1, 0.15) is 25.3 Å². The van der Waals surface area contributed by atoms with E-state index in [4.69, 9.17) is 4.74 Å². The van der Waals surface area contributed by atoms with Crippen molar-refractivity contribution in [1.29, 1.82) is 0 Å². The van der Waals surface area contributed by atoms with Gasteiger partial charge in [0.25, 0.3) is 0 Å². The second-order valence-corrected chi connectivity index (χ2v) is 6.39. The summed E-state index contributed by atoms with van der Waals surface area (Å²) < 4.78 is 5.13. The van der Waals surface area contributed by atoms with Crippen LogP contribution in [0.2, 0.25) is 0 Å². The Balaban J connectivity index is 1.70. The summed E-state index contributed by atoms with van der Waals surface area (Å²) in [6.45, 7) is 4.13. The molecule has 1 aromatic carbocycles. The van der Waals surface area contributed by atoms with Gasteiger partial charge in [0.2, 0.25) is 5.91 Å². The van der Waals surface area contributed by atoms with Crippen molar-refractivity contribution in [3.63, 3.8) is 0 Å². The van der Waals surface area contributed by atoms with Crippen molar-refractivity contribution in [2.24, 2.45) is 5.92 Å². The summed E-state index contributed by atoms with van der Waals surface area (Å²) in [5.74, 6) is 3.39. The fraction of sp³-hybridized carbons (Fsp3) is 0.562. The summed E-state index contributed by atoms with van der Waals surface area (Å²) in [5, 5.41) is 0. The van der Waals surface area contributed by atoms with Crippen molar-refractivity contribution in [3.8, 4) is 5.75 Å². The molecule has 0 spiro atoms. The molecule has 20 heavy (non-hydrogen) atoms. The topological polar surface area (TPSA) is 29.5 Å². The fourth-order valence-electron chi connectivity index (χ4n) is 2.33. The molecule has 0 N–H and O–H groups in total. The summed E-state index contributed by atoms with van der Waals surface area (Å²) in [7, 11) is 1.67. The zero-order valence-electron chi connectivity index (χ0n) is 12.3. The van der Waals surface area contributed by atoms with Crippen LogP contribution >= 0.6 is 11.8 Å². The first-order valence-corrected chi connectivity index (χ1v) is 8.33. The third-order valence-corrected chi connectivity index (χ3v) is 4.78. The van der Waals surface area contributed by atoms with E-state index in [0.29, 0.717) is 5.75 Å². The number of carbonyl (C=O) groups is 1. The van der Waals surface area contributed by atoms with Crippen molar-refractivity contribution < 1.29 is 9.53 Å². The van der Waals surface area contributed by atoms with E-state index < -0.39 is 0 Å². The average molecular weight is 293 g/mol. The van der Waals surface area contributed by atoms with Gasteiger partial charge in [0.05, 0.1) is 12.9 Å². The summed E-state index contributed by atoms with van der Waals surface area (Å²) >= 11 is 1.69. The first kappa shape index (κ1) is 15.2. The highest BCUT2D eigenvalue weighted by Gasteiger charge is 2.19. The van der Waals surface area contributed by atoms with Crippen molar-refractivity contribution in [3.05, 3.63) is 29.8 Å². The van der Waals surface area contributed by atoms with Crippen LogP contribution < -0.4 is 4.74 Å². The number of rotatable bonds is 5. The molecule has 0 radical (unpaired) electrons. The number of amides is 1. The highest BCUT2D eigenvalue weighted by atomic mass is 32.2. The number of carbonyl (C=O) groups excluding carboxylic acids is 1. The summed E-state index contributed by atoms with van der Waals surface area (Å²) in [6.07, 6.45) is 2.30. The number of thioether (sulfide) groups is 1. The Hall–Kier alpha value is -1.16. The second-order valence-electron chi connectivity index (χ2n) is 5.40. The van der Waals surface area contributed by atoms with E-state index in [1.54, 1.807) is 18.9 Å². The van der Waals surface area contributed by atoms with Crippen LogP contribution in [0, 0.1) is 5.92 Å². The molecule has 2 rings (SSSR count). The molecule has 3 nitrogen and oxygen atoms in total. The molecule has 1 aromatic rings. The van der Waals surface area contributed by atoms with Crippen LogP contribution in [0.15, 0.2) is 24.3 Å². The molecular formula is C16H23NO2S. The van der Waals surface area contributed by atoms with E-state index in [9.17, 15) is 4.79 Å². The molecular weight excluding hydrogens is 270 g/mol. The molecule has 1 aliphatic heterocycles. The molecule has 1 heterocycles. The van der Waals surface area contributed by atoms with Gasteiger partial charge in [-0.3, -0.25) is 4.79 Å². The lowest BCUT2D eigenvalue weighted by Gasteiger charge is -2.30. The number of likely N-dealkylation sites (tertiary alicyclic amines) is 1. The maximum absolute atomic E-state index is 12.1. The van der Waals surface area contributed by atoms with Crippen LogP contribution in [0.5, 0.6) is 5.75 Å². The number of nitrogens with zero attached hydrogens (tertiary/aromatic N) is 1. The van der Waals surface area contributed by atoms with Crippen LogP contribution in [0.4, 0.5) is 0 Å². The lowest BCUT2D eigenvalue weighted by molar-refractivity contribution is -0.129. The van der Waals surface area contributed by atoms with Gasteiger partial charge < -0.3 is 9.64 Å². The lowest BCUT2D eigenvalue weighted by Crippen LogP contribution is -2.38. The molecule has 0 bridgehead atoms. The fourth-order valence-corrected chi connectivity index (χ4v) is 3.21. The Bertz CT molecular complexity index is 425. The molecule has 110 valence electrons. The van der Waals surface area contributed by atoms with E-state index in [1.165, 1.54) is 5.56 Å². The molecule has 1 amide bonds. The highest BCUT2D eigenvalue weighted by molar-refractivity contribution is 7.99. The largest absolute Gasteiger partial charge is 0.497 e.